The maximum Gasteiger partial charge on any atom is 0.242 e. The molecule has 1 aliphatic carbocycles. The Labute approximate surface area is 108 Å². The molecule has 1 aliphatic rings. The lowest BCUT2D eigenvalue weighted by molar-refractivity contribution is -0.0593. The van der Waals surface area contributed by atoms with Gasteiger partial charge in [0.1, 0.15) is 0 Å². The van der Waals surface area contributed by atoms with Crippen molar-refractivity contribution in [3.8, 4) is 0 Å². The molecule has 102 valence electrons. The zero-order chi connectivity index (χ0) is 13.8. The molecule has 4 N–H and O–H groups in total. The van der Waals surface area contributed by atoms with Crippen molar-refractivity contribution in [3.63, 3.8) is 0 Å². The third-order valence-corrected chi connectivity index (χ3v) is 5.66. The van der Waals surface area contributed by atoms with Crippen molar-refractivity contribution < 1.29 is 8.42 Å². The van der Waals surface area contributed by atoms with E-state index in [0.29, 0.717) is 0 Å². The highest BCUT2D eigenvalue weighted by Gasteiger charge is 2.61. The van der Waals surface area contributed by atoms with Crippen LogP contribution in [0.4, 0.5) is 0 Å². The SMILES string of the molecule is CC1(C)C(N)C(C)(C)C1NS(=O)(=O)c1cc[nH]c1. The van der Waals surface area contributed by atoms with Gasteiger partial charge in [-0.3, -0.25) is 0 Å². The van der Waals surface area contributed by atoms with Crippen LogP contribution in [0.5, 0.6) is 0 Å². The first-order valence-electron chi connectivity index (χ1n) is 6.01. The summed E-state index contributed by atoms with van der Waals surface area (Å²) in [5.74, 6) is 0. The Morgan fingerprint density at radius 3 is 2.28 bits per heavy atom. The summed E-state index contributed by atoms with van der Waals surface area (Å²) in [4.78, 5) is 3.01. The maximum absolute atomic E-state index is 12.2. The number of rotatable bonds is 3. The molecule has 1 heterocycles. The van der Waals surface area contributed by atoms with Crippen LogP contribution in [0, 0.1) is 10.8 Å². The quantitative estimate of drug-likeness (QED) is 0.768. The van der Waals surface area contributed by atoms with Gasteiger partial charge in [-0.05, 0) is 16.9 Å². The van der Waals surface area contributed by atoms with Crippen molar-refractivity contribution in [1.82, 2.24) is 9.71 Å². The third-order valence-electron chi connectivity index (χ3n) is 4.24. The first kappa shape index (κ1) is 13.6. The second-order valence-corrected chi connectivity index (χ2v) is 7.94. The summed E-state index contributed by atoms with van der Waals surface area (Å²) in [6, 6.07) is 1.35. The van der Waals surface area contributed by atoms with Crippen LogP contribution in [-0.4, -0.2) is 25.5 Å². The molecule has 0 spiro atoms. The van der Waals surface area contributed by atoms with Crippen molar-refractivity contribution in [1.29, 1.82) is 0 Å². The van der Waals surface area contributed by atoms with Crippen LogP contribution in [0.1, 0.15) is 27.7 Å². The molecule has 0 saturated heterocycles. The van der Waals surface area contributed by atoms with Crippen LogP contribution in [0.25, 0.3) is 0 Å². The lowest BCUT2D eigenvalue weighted by Gasteiger charge is -2.62. The minimum atomic E-state index is -3.48. The van der Waals surface area contributed by atoms with Gasteiger partial charge in [-0.25, -0.2) is 13.1 Å². The van der Waals surface area contributed by atoms with Crippen LogP contribution in [0.2, 0.25) is 0 Å². The van der Waals surface area contributed by atoms with E-state index in [9.17, 15) is 8.42 Å². The number of nitrogens with two attached hydrogens (primary N) is 1. The van der Waals surface area contributed by atoms with E-state index in [1.165, 1.54) is 6.20 Å². The predicted molar refractivity (Wildman–Crippen MR) is 70.4 cm³/mol. The summed E-state index contributed by atoms with van der Waals surface area (Å²) in [6.45, 7) is 7.97. The molecule has 1 aromatic heterocycles. The molecular weight excluding hydrogens is 250 g/mol. The van der Waals surface area contributed by atoms with Crippen molar-refractivity contribution in [3.05, 3.63) is 18.5 Å². The van der Waals surface area contributed by atoms with Gasteiger partial charge in [0.2, 0.25) is 10.0 Å². The van der Waals surface area contributed by atoms with E-state index in [4.69, 9.17) is 5.73 Å². The van der Waals surface area contributed by atoms with Crippen molar-refractivity contribution in [2.24, 2.45) is 16.6 Å². The maximum atomic E-state index is 12.2. The predicted octanol–water partition coefficient (Wildman–Crippen LogP) is 1.05. The second kappa shape index (κ2) is 3.82. The molecule has 0 amide bonds. The molecule has 0 unspecified atom stereocenters. The fourth-order valence-electron chi connectivity index (χ4n) is 3.18. The molecule has 5 nitrogen and oxygen atoms in total. The molecule has 6 heteroatoms. The Morgan fingerprint density at radius 2 is 1.83 bits per heavy atom. The average molecular weight is 271 g/mol. The Bertz CT molecular complexity index is 516. The number of hydrogen-bond acceptors (Lipinski definition) is 3. The highest BCUT2D eigenvalue weighted by Crippen LogP contribution is 2.52. The van der Waals surface area contributed by atoms with Gasteiger partial charge in [0, 0.05) is 24.5 Å². The van der Waals surface area contributed by atoms with Gasteiger partial charge in [0.15, 0.2) is 0 Å². The summed E-state index contributed by atoms with van der Waals surface area (Å²) in [5, 5.41) is 0. The van der Waals surface area contributed by atoms with Crippen LogP contribution in [0.15, 0.2) is 23.4 Å². The highest BCUT2D eigenvalue weighted by molar-refractivity contribution is 7.89. The number of H-pyrrole nitrogens is 1. The van der Waals surface area contributed by atoms with Gasteiger partial charge in [0.25, 0.3) is 0 Å². The van der Waals surface area contributed by atoms with E-state index in [-0.39, 0.29) is 27.8 Å². The van der Waals surface area contributed by atoms with Crippen LogP contribution in [-0.2, 0) is 10.0 Å². The van der Waals surface area contributed by atoms with E-state index in [1.807, 2.05) is 27.7 Å². The minimum Gasteiger partial charge on any atom is -0.366 e. The van der Waals surface area contributed by atoms with Gasteiger partial charge in [0.05, 0.1) is 4.90 Å². The minimum absolute atomic E-state index is 0.0241. The lowest BCUT2D eigenvalue weighted by atomic mass is 9.49. The fourth-order valence-corrected chi connectivity index (χ4v) is 4.71. The monoisotopic (exact) mass is 271 g/mol. The van der Waals surface area contributed by atoms with Gasteiger partial charge in [-0.1, -0.05) is 27.7 Å². The van der Waals surface area contributed by atoms with Crippen LogP contribution >= 0.6 is 0 Å². The van der Waals surface area contributed by atoms with Crippen molar-refractivity contribution >= 4 is 10.0 Å². The Morgan fingerprint density at radius 1 is 1.28 bits per heavy atom. The van der Waals surface area contributed by atoms with E-state index < -0.39 is 10.0 Å². The summed E-state index contributed by atoms with van der Waals surface area (Å²) in [7, 11) is -3.48. The molecule has 1 fully saturated rings. The van der Waals surface area contributed by atoms with Gasteiger partial charge < -0.3 is 10.7 Å². The zero-order valence-corrected chi connectivity index (χ0v) is 12.0. The molecule has 2 rings (SSSR count). The number of sulfonamides is 1. The molecule has 0 bridgehead atoms. The fraction of sp³-hybridized carbons (Fsp3) is 0.667. The molecule has 0 radical (unpaired) electrons. The van der Waals surface area contributed by atoms with Crippen molar-refractivity contribution in [2.75, 3.05) is 0 Å². The number of nitrogens with one attached hydrogen (secondary N) is 2. The van der Waals surface area contributed by atoms with Crippen LogP contribution in [0.3, 0.4) is 0 Å². The molecular formula is C12H21N3O2S. The Hall–Kier alpha value is -0.850. The van der Waals surface area contributed by atoms with Gasteiger partial charge in [-0.2, -0.15) is 0 Å². The summed E-state index contributed by atoms with van der Waals surface area (Å²) >= 11 is 0. The Kier molecular flexibility index (Phi) is 2.88. The smallest absolute Gasteiger partial charge is 0.242 e. The topological polar surface area (TPSA) is 88.0 Å². The number of aromatic nitrogens is 1. The largest absolute Gasteiger partial charge is 0.366 e. The first-order chi connectivity index (χ1) is 8.10. The van der Waals surface area contributed by atoms with E-state index >= 15 is 0 Å². The van der Waals surface area contributed by atoms with E-state index in [2.05, 4.69) is 9.71 Å². The average Bonchev–Trinajstić information content (AvgIpc) is 2.78. The number of aromatic amines is 1. The van der Waals surface area contributed by atoms with Gasteiger partial charge >= 0.3 is 0 Å². The molecule has 1 aromatic rings. The zero-order valence-electron chi connectivity index (χ0n) is 11.2. The number of hydrogen-bond donors (Lipinski definition) is 3. The lowest BCUT2D eigenvalue weighted by Crippen LogP contribution is -2.75. The molecule has 0 atom stereocenters. The Balaban J connectivity index is 2.26. The standard InChI is InChI=1S/C12H21N3O2S/c1-11(2)9(13)12(3,4)10(11)15-18(16,17)8-5-6-14-7-8/h5-7,9-10,14-15H,13H2,1-4H3. The normalized spacial score (nSPS) is 29.8. The second-order valence-electron chi connectivity index (χ2n) is 6.22. The summed E-state index contributed by atoms with van der Waals surface area (Å²) in [5.41, 5.74) is 5.63. The molecule has 0 aliphatic heterocycles. The molecule has 1 saturated carbocycles. The van der Waals surface area contributed by atoms with Crippen molar-refractivity contribution in [2.45, 2.75) is 44.7 Å². The first-order valence-corrected chi connectivity index (χ1v) is 7.49. The van der Waals surface area contributed by atoms with Gasteiger partial charge in [-0.15, -0.1) is 0 Å². The molecule has 0 aromatic carbocycles. The van der Waals surface area contributed by atoms with E-state index in [0.717, 1.165) is 0 Å². The van der Waals surface area contributed by atoms with Crippen LogP contribution < -0.4 is 10.5 Å². The van der Waals surface area contributed by atoms with E-state index in [1.54, 1.807) is 12.3 Å². The summed E-state index contributed by atoms with van der Waals surface area (Å²) in [6.07, 6.45) is 3.07. The highest BCUT2D eigenvalue weighted by atomic mass is 32.2. The summed E-state index contributed by atoms with van der Waals surface area (Å²) < 4.78 is 27.2. The third kappa shape index (κ3) is 1.79. The molecule has 18 heavy (non-hydrogen) atoms.